The Bertz CT molecular complexity index is 667. The summed E-state index contributed by atoms with van der Waals surface area (Å²) in [6, 6.07) is 10.5. The molecule has 0 bridgehead atoms. The van der Waals surface area contributed by atoms with Gasteiger partial charge in [0.2, 0.25) is 0 Å². The molecule has 0 radical (unpaired) electrons. The summed E-state index contributed by atoms with van der Waals surface area (Å²) in [4.78, 5) is 5.53. The summed E-state index contributed by atoms with van der Waals surface area (Å²) in [6.45, 7) is 0.428. The lowest BCUT2D eigenvalue weighted by molar-refractivity contribution is 0.602. The van der Waals surface area contributed by atoms with Crippen LogP contribution < -0.4 is 5.73 Å². The molecule has 2 rings (SSSR count). The largest absolute Gasteiger partial charge is 0.326 e. The third kappa shape index (κ3) is 3.56. The summed E-state index contributed by atoms with van der Waals surface area (Å²) in [5.41, 5.74) is 6.62. The lowest BCUT2D eigenvalue weighted by atomic mass is 10.3. The molecule has 2 aromatic rings. The zero-order valence-corrected chi connectivity index (χ0v) is 12.0. The fourth-order valence-corrected chi connectivity index (χ4v) is 3.06. The molecule has 0 spiro atoms. The average molecular weight is 294 g/mol. The van der Waals surface area contributed by atoms with Gasteiger partial charge in [-0.25, -0.2) is 13.4 Å². The molecule has 2 N–H and O–H groups in total. The summed E-state index contributed by atoms with van der Waals surface area (Å²) in [5.74, 6) is 0. The first-order chi connectivity index (χ1) is 9.00. The maximum atomic E-state index is 11.4. The van der Waals surface area contributed by atoms with E-state index in [9.17, 15) is 8.42 Å². The SMILES string of the molecule is CS(=O)(=O)c1ccc(Sc2ncccc2CN)cc1. The highest BCUT2D eigenvalue weighted by molar-refractivity contribution is 7.99. The van der Waals surface area contributed by atoms with Crippen LogP contribution in [0, 0.1) is 0 Å². The van der Waals surface area contributed by atoms with Crippen LogP contribution in [0.15, 0.2) is 57.4 Å². The van der Waals surface area contributed by atoms with E-state index in [4.69, 9.17) is 5.73 Å². The number of hydrogen-bond donors (Lipinski definition) is 1. The maximum Gasteiger partial charge on any atom is 0.175 e. The number of aromatic nitrogens is 1. The second-order valence-electron chi connectivity index (χ2n) is 4.02. The zero-order chi connectivity index (χ0) is 13.9. The Morgan fingerprint density at radius 1 is 1.21 bits per heavy atom. The predicted octanol–water partition coefficient (Wildman–Crippen LogP) is 2.10. The summed E-state index contributed by atoms with van der Waals surface area (Å²) in [5, 5.41) is 0.845. The molecule has 1 aromatic carbocycles. The molecule has 0 saturated carbocycles. The minimum absolute atomic E-state index is 0.317. The van der Waals surface area contributed by atoms with Gasteiger partial charge in [-0.15, -0.1) is 0 Å². The normalized spacial score (nSPS) is 11.5. The monoisotopic (exact) mass is 294 g/mol. The van der Waals surface area contributed by atoms with Gasteiger partial charge in [-0.1, -0.05) is 17.8 Å². The van der Waals surface area contributed by atoms with Gasteiger partial charge in [0.1, 0.15) is 5.03 Å². The minimum Gasteiger partial charge on any atom is -0.326 e. The van der Waals surface area contributed by atoms with Crippen molar-refractivity contribution in [2.45, 2.75) is 21.4 Å². The quantitative estimate of drug-likeness (QED) is 0.934. The molecular weight excluding hydrogens is 280 g/mol. The van der Waals surface area contributed by atoms with Crippen LogP contribution in [0.5, 0.6) is 0 Å². The third-order valence-electron chi connectivity index (χ3n) is 2.54. The summed E-state index contributed by atoms with van der Waals surface area (Å²) < 4.78 is 22.7. The summed E-state index contributed by atoms with van der Waals surface area (Å²) >= 11 is 1.47. The van der Waals surface area contributed by atoms with Crippen LogP contribution in [0.4, 0.5) is 0 Å². The molecule has 100 valence electrons. The lowest BCUT2D eigenvalue weighted by Crippen LogP contribution is -1.99. The zero-order valence-electron chi connectivity index (χ0n) is 10.4. The Kier molecular flexibility index (Phi) is 4.24. The second-order valence-corrected chi connectivity index (χ2v) is 7.10. The fraction of sp³-hybridized carbons (Fsp3) is 0.154. The summed E-state index contributed by atoms with van der Waals surface area (Å²) in [7, 11) is -3.15. The van der Waals surface area contributed by atoms with Crippen molar-refractivity contribution >= 4 is 21.6 Å². The van der Waals surface area contributed by atoms with E-state index in [1.807, 2.05) is 12.1 Å². The van der Waals surface area contributed by atoms with Gasteiger partial charge >= 0.3 is 0 Å². The van der Waals surface area contributed by atoms with Crippen molar-refractivity contribution < 1.29 is 8.42 Å². The predicted molar refractivity (Wildman–Crippen MR) is 75.8 cm³/mol. The Balaban J connectivity index is 2.25. The number of hydrogen-bond acceptors (Lipinski definition) is 5. The third-order valence-corrected chi connectivity index (χ3v) is 4.73. The van der Waals surface area contributed by atoms with Gasteiger partial charge in [-0.05, 0) is 35.9 Å². The molecule has 0 aliphatic rings. The molecule has 0 fully saturated rings. The number of rotatable bonds is 4. The van der Waals surface area contributed by atoms with Gasteiger partial charge in [-0.3, -0.25) is 0 Å². The average Bonchev–Trinajstić information content (AvgIpc) is 2.39. The maximum absolute atomic E-state index is 11.4. The Labute approximate surface area is 117 Å². The van der Waals surface area contributed by atoms with Crippen LogP contribution in [0.2, 0.25) is 0 Å². The van der Waals surface area contributed by atoms with Crippen LogP contribution >= 0.6 is 11.8 Å². The first-order valence-electron chi connectivity index (χ1n) is 5.62. The van der Waals surface area contributed by atoms with E-state index in [1.165, 1.54) is 18.0 Å². The van der Waals surface area contributed by atoms with E-state index in [1.54, 1.807) is 30.5 Å². The van der Waals surface area contributed by atoms with Gasteiger partial charge in [0.25, 0.3) is 0 Å². The van der Waals surface area contributed by atoms with E-state index in [-0.39, 0.29) is 0 Å². The van der Waals surface area contributed by atoms with Gasteiger partial charge in [0.05, 0.1) is 4.90 Å². The van der Waals surface area contributed by atoms with E-state index >= 15 is 0 Å². The van der Waals surface area contributed by atoms with Gasteiger partial charge in [0, 0.05) is 23.9 Å². The number of nitrogens with zero attached hydrogens (tertiary/aromatic N) is 1. The molecule has 0 aliphatic carbocycles. The molecule has 1 heterocycles. The van der Waals surface area contributed by atoms with Crippen LogP contribution in [-0.2, 0) is 16.4 Å². The van der Waals surface area contributed by atoms with Crippen LogP contribution in [0.25, 0.3) is 0 Å². The smallest absolute Gasteiger partial charge is 0.175 e. The second kappa shape index (κ2) is 5.73. The van der Waals surface area contributed by atoms with Crippen molar-refractivity contribution in [1.82, 2.24) is 4.98 Å². The van der Waals surface area contributed by atoms with E-state index < -0.39 is 9.84 Å². The van der Waals surface area contributed by atoms with Crippen molar-refractivity contribution in [2.75, 3.05) is 6.26 Å². The minimum atomic E-state index is -3.15. The van der Waals surface area contributed by atoms with Gasteiger partial charge in [-0.2, -0.15) is 0 Å². The van der Waals surface area contributed by atoms with E-state index in [0.29, 0.717) is 11.4 Å². The number of nitrogens with two attached hydrogens (primary N) is 1. The standard InChI is InChI=1S/C13H14N2O2S2/c1-19(16,17)12-6-4-11(5-7-12)18-13-10(9-14)3-2-8-15-13/h2-8H,9,14H2,1H3. The highest BCUT2D eigenvalue weighted by Crippen LogP contribution is 2.29. The highest BCUT2D eigenvalue weighted by atomic mass is 32.2. The molecule has 19 heavy (non-hydrogen) atoms. The molecule has 0 unspecified atom stereocenters. The molecule has 0 saturated heterocycles. The van der Waals surface area contributed by atoms with Gasteiger partial charge in [0.15, 0.2) is 9.84 Å². The molecule has 6 heteroatoms. The van der Waals surface area contributed by atoms with Crippen molar-refractivity contribution in [1.29, 1.82) is 0 Å². The van der Waals surface area contributed by atoms with Crippen molar-refractivity contribution in [3.05, 3.63) is 48.2 Å². The highest BCUT2D eigenvalue weighted by Gasteiger charge is 2.08. The number of benzene rings is 1. The fourth-order valence-electron chi connectivity index (χ4n) is 1.54. The topological polar surface area (TPSA) is 73.0 Å². The number of pyridine rings is 1. The molecule has 0 aliphatic heterocycles. The van der Waals surface area contributed by atoms with E-state index in [0.717, 1.165) is 15.5 Å². The van der Waals surface area contributed by atoms with Crippen LogP contribution in [0.3, 0.4) is 0 Å². The van der Waals surface area contributed by atoms with Gasteiger partial charge < -0.3 is 5.73 Å². The Morgan fingerprint density at radius 2 is 1.89 bits per heavy atom. The molecule has 1 aromatic heterocycles. The summed E-state index contributed by atoms with van der Waals surface area (Å²) in [6.07, 6.45) is 2.91. The lowest BCUT2D eigenvalue weighted by Gasteiger charge is -2.06. The first kappa shape index (κ1) is 14.0. The first-order valence-corrected chi connectivity index (χ1v) is 8.33. The molecule has 4 nitrogen and oxygen atoms in total. The molecule has 0 atom stereocenters. The van der Waals surface area contributed by atoms with Crippen LogP contribution in [-0.4, -0.2) is 19.7 Å². The van der Waals surface area contributed by atoms with Crippen molar-refractivity contribution in [3.63, 3.8) is 0 Å². The molecular formula is C13H14N2O2S2. The van der Waals surface area contributed by atoms with E-state index in [2.05, 4.69) is 4.98 Å². The number of sulfone groups is 1. The Morgan fingerprint density at radius 3 is 2.47 bits per heavy atom. The Hall–Kier alpha value is -1.37. The molecule has 0 amide bonds. The van der Waals surface area contributed by atoms with Crippen molar-refractivity contribution in [3.8, 4) is 0 Å². The van der Waals surface area contributed by atoms with Crippen LogP contribution in [0.1, 0.15) is 5.56 Å². The van der Waals surface area contributed by atoms with Crippen molar-refractivity contribution in [2.24, 2.45) is 5.73 Å².